The summed E-state index contributed by atoms with van der Waals surface area (Å²) in [5, 5.41) is 13.3. The molecule has 1 aromatic heterocycles. The molecule has 90 valence electrons. The van der Waals surface area contributed by atoms with Gasteiger partial charge in [0.05, 0.1) is 11.3 Å². The van der Waals surface area contributed by atoms with Crippen LogP contribution < -0.4 is 5.32 Å². The van der Waals surface area contributed by atoms with E-state index in [-0.39, 0.29) is 28.4 Å². The molecule has 9 heteroatoms. The van der Waals surface area contributed by atoms with Gasteiger partial charge in [-0.3, -0.25) is 24.6 Å². The second-order valence-electron chi connectivity index (χ2n) is 3.45. The third-order valence-corrected chi connectivity index (χ3v) is 3.23. The van der Waals surface area contributed by atoms with E-state index in [0.29, 0.717) is 0 Å². The number of hydrogen-bond donors (Lipinski definition) is 1. The maximum absolute atomic E-state index is 11.5. The zero-order valence-corrected chi connectivity index (χ0v) is 9.56. The molecule has 1 unspecified atom stereocenters. The van der Waals surface area contributed by atoms with Crippen molar-refractivity contribution in [1.82, 2.24) is 9.88 Å². The first kappa shape index (κ1) is 11.5. The van der Waals surface area contributed by atoms with Crippen LogP contribution in [0.1, 0.15) is 6.42 Å². The standard InChI is InChI=1S/C8H8N4O4S/c1-11-5(13)2-4(7(11)14)10-8-9-3-6(17-8)12(15)16/h3-4H,2H2,1H3,(H,9,10). The number of anilines is 1. The molecular weight excluding hydrogens is 248 g/mol. The normalized spacial score (nSPS) is 19.8. The number of thiazole rings is 1. The highest BCUT2D eigenvalue weighted by Gasteiger charge is 2.36. The molecule has 0 aliphatic carbocycles. The molecule has 17 heavy (non-hydrogen) atoms. The average Bonchev–Trinajstić information content (AvgIpc) is 2.82. The lowest BCUT2D eigenvalue weighted by Gasteiger charge is -2.08. The Balaban J connectivity index is 2.09. The van der Waals surface area contributed by atoms with E-state index in [9.17, 15) is 19.7 Å². The van der Waals surface area contributed by atoms with Crippen molar-refractivity contribution in [3.05, 3.63) is 16.3 Å². The fourth-order valence-electron chi connectivity index (χ4n) is 1.43. The zero-order valence-electron chi connectivity index (χ0n) is 8.74. The third-order valence-electron chi connectivity index (χ3n) is 2.35. The van der Waals surface area contributed by atoms with Crippen LogP contribution in [0.25, 0.3) is 0 Å². The lowest BCUT2D eigenvalue weighted by molar-refractivity contribution is -0.380. The number of carbonyl (C=O) groups is 2. The topological polar surface area (TPSA) is 105 Å². The molecule has 2 heterocycles. The van der Waals surface area contributed by atoms with Crippen LogP contribution in [0.2, 0.25) is 0 Å². The summed E-state index contributed by atoms with van der Waals surface area (Å²) in [6, 6.07) is -0.682. The molecule has 0 spiro atoms. The van der Waals surface area contributed by atoms with Crippen LogP contribution >= 0.6 is 11.3 Å². The second-order valence-corrected chi connectivity index (χ2v) is 4.46. The summed E-state index contributed by atoms with van der Waals surface area (Å²) in [6.07, 6.45) is 1.15. The van der Waals surface area contributed by atoms with Crippen molar-refractivity contribution < 1.29 is 14.5 Å². The number of amides is 2. The molecule has 0 bridgehead atoms. The van der Waals surface area contributed by atoms with Crippen molar-refractivity contribution in [2.24, 2.45) is 0 Å². The highest BCUT2D eigenvalue weighted by molar-refractivity contribution is 7.18. The average molecular weight is 256 g/mol. The van der Waals surface area contributed by atoms with Crippen LogP contribution in [0.5, 0.6) is 0 Å². The molecule has 0 radical (unpaired) electrons. The molecular formula is C8H8N4O4S. The number of nitro groups is 1. The van der Waals surface area contributed by atoms with E-state index in [2.05, 4.69) is 10.3 Å². The summed E-state index contributed by atoms with van der Waals surface area (Å²) in [7, 11) is 1.40. The minimum absolute atomic E-state index is 0.0444. The van der Waals surface area contributed by atoms with E-state index < -0.39 is 11.0 Å². The third kappa shape index (κ3) is 2.09. The van der Waals surface area contributed by atoms with E-state index in [1.54, 1.807) is 0 Å². The van der Waals surface area contributed by atoms with Gasteiger partial charge in [-0.05, 0) is 11.3 Å². The lowest BCUT2D eigenvalue weighted by atomic mass is 10.2. The van der Waals surface area contributed by atoms with Crippen LogP contribution in [0.3, 0.4) is 0 Å². The molecule has 1 aromatic rings. The lowest BCUT2D eigenvalue weighted by Crippen LogP contribution is -2.31. The Morgan fingerprint density at radius 1 is 1.65 bits per heavy atom. The van der Waals surface area contributed by atoms with Crippen LogP contribution in [-0.2, 0) is 9.59 Å². The highest BCUT2D eigenvalue weighted by Crippen LogP contribution is 2.27. The van der Waals surface area contributed by atoms with E-state index in [1.165, 1.54) is 7.05 Å². The Morgan fingerprint density at radius 3 is 2.82 bits per heavy atom. The van der Waals surface area contributed by atoms with Gasteiger partial charge in [-0.2, -0.15) is 0 Å². The number of rotatable bonds is 3. The van der Waals surface area contributed by atoms with Crippen molar-refractivity contribution in [1.29, 1.82) is 0 Å². The van der Waals surface area contributed by atoms with Gasteiger partial charge >= 0.3 is 5.00 Å². The van der Waals surface area contributed by atoms with Crippen molar-refractivity contribution in [3.63, 3.8) is 0 Å². The quantitative estimate of drug-likeness (QED) is 0.471. The molecule has 1 aliphatic rings. The fraction of sp³-hybridized carbons (Fsp3) is 0.375. The number of aromatic nitrogens is 1. The van der Waals surface area contributed by atoms with E-state index in [0.717, 1.165) is 22.4 Å². The number of hydrogen-bond acceptors (Lipinski definition) is 7. The minimum atomic E-state index is -0.682. The molecule has 0 aromatic carbocycles. The number of nitrogens with zero attached hydrogens (tertiary/aromatic N) is 3. The van der Waals surface area contributed by atoms with Gasteiger partial charge in [0.2, 0.25) is 5.91 Å². The largest absolute Gasteiger partial charge is 0.349 e. The number of nitrogens with one attached hydrogen (secondary N) is 1. The predicted octanol–water partition coefficient (Wildman–Crippen LogP) is 0.220. The molecule has 0 saturated carbocycles. The molecule has 8 nitrogen and oxygen atoms in total. The van der Waals surface area contributed by atoms with Gasteiger partial charge in [0.1, 0.15) is 12.2 Å². The number of imide groups is 1. The highest BCUT2D eigenvalue weighted by atomic mass is 32.1. The Labute approximate surface area is 99.4 Å². The summed E-state index contributed by atoms with van der Waals surface area (Å²) < 4.78 is 0. The molecule has 2 rings (SSSR count). The number of likely N-dealkylation sites (tertiary alicyclic amines) is 1. The zero-order chi connectivity index (χ0) is 12.6. The van der Waals surface area contributed by atoms with Gasteiger partial charge in [-0.25, -0.2) is 4.98 Å². The van der Waals surface area contributed by atoms with Gasteiger partial charge in [0.15, 0.2) is 5.13 Å². The van der Waals surface area contributed by atoms with Crippen molar-refractivity contribution in [2.45, 2.75) is 12.5 Å². The first-order valence-electron chi connectivity index (χ1n) is 4.66. The van der Waals surface area contributed by atoms with Gasteiger partial charge in [0, 0.05) is 7.05 Å². The molecule has 2 amide bonds. The summed E-state index contributed by atoms with van der Waals surface area (Å²) in [5.74, 6) is -0.633. The SMILES string of the molecule is CN1C(=O)CC(Nc2ncc([N+](=O)[O-])s2)C1=O. The van der Waals surface area contributed by atoms with Crippen LogP contribution in [0, 0.1) is 10.1 Å². The second kappa shape index (κ2) is 4.09. The van der Waals surface area contributed by atoms with E-state index in [1.807, 2.05) is 0 Å². The Hall–Kier alpha value is -2.03. The van der Waals surface area contributed by atoms with Gasteiger partial charge in [-0.1, -0.05) is 0 Å². The van der Waals surface area contributed by atoms with E-state index >= 15 is 0 Å². The van der Waals surface area contributed by atoms with Crippen molar-refractivity contribution in [2.75, 3.05) is 12.4 Å². The fourth-order valence-corrected chi connectivity index (χ4v) is 2.12. The molecule has 1 saturated heterocycles. The first-order chi connectivity index (χ1) is 7.99. The van der Waals surface area contributed by atoms with Gasteiger partial charge in [-0.15, -0.1) is 0 Å². The Bertz CT molecular complexity index is 499. The Kier molecular flexibility index (Phi) is 2.76. The molecule has 1 fully saturated rings. The van der Waals surface area contributed by atoms with Crippen LogP contribution in [0.4, 0.5) is 10.1 Å². The summed E-state index contributed by atoms with van der Waals surface area (Å²) >= 11 is 0.829. The van der Waals surface area contributed by atoms with Crippen LogP contribution in [-0.4, -0.2) is 39.7 Å². The summed E-state index contributed by atoms with van der Waals surface area (Å²) in [6.45, 7) is 0. The Morgan fingerprint density at radius 2 is 2.35 bits per heavy atom. The maximum Gasteiger partial charge on any atom is 0.345 e. The van der Waals surface area contributed by atoms with Gasteiger partial charge < -0.3 is 5.32 Å². The maximum atomic E-state index is 11.5. The number of carbonyl (C=O) groups excluding carboxylic acids is 2. The molecule has 1 aliphatic heterocycles. The smallest absolute Gasteiger partial charge is 0.345 e. The number of likely N-dealkylation sites (N-methyl/N-ethyl adjacent to an activating group) is 1. The van der Waals surface area contributed by atoms with Crippen LogP contribution in [0.15, 0.2) is 6.20 Å². The predicted molar refractivity (Wildman–Crippen MR) is 58.6 cm³/mol. The first-order valence-corrected chi connectivity index (χ1v) is 5.48. The van der Waals surface area contributed by atoms with Gasteiger partial charge in [0.25, 0.3) is 5.91 Å². The minimum Gasteiger partial charge on any atom is -0.349 e. The molecule has 1 atom stereocenters. The molecule has 1 N–H and O–H groups in total. The monoisotopic (exact) mass is 256 g/mol. The summed E-state index contributed by atoms with van der Waals surface area (Å²) in [4.78, 5) is 37.5. The summed E-state index contributed by atoms with van der Waals surface area (Å²) in [5.41, 5.74) is 0. The van der Waals surface area contributed by atoms with E-state index in [4.69, 9.17) is 0 Å². The van der Waals surface area contributed by atoms with Crippen molar-refractivity contribution in [3.8, 4) is 0 Å². The van der Waals surface area contributed by atoms with Crippen molar-refractivity contribution >= 4 is 33.3 Å².